The van der Waals surface area contributed by atoms with Gasteiger partial charge >= 0.3 is 5.97 Å². The topological polar surface area (TPSA) is 26.3 Å². The Balaban J connectivity index is 2.64. The molecule has 0 N–H and O–H groups in total. The van der Waals surface area contributed by atoms with E-state index < -0.39 is 0 Å². The molecule has 0 bridgehead atoms. The van der Waals surface area contributed by atoms with Gasteiger partial charge in [-0.05, 0) is 19.1 Å². The quantitative estimate of drug-likeness (QED) is 0.522. The summed E-state index contributed by atoms with van der Waals surface area (Å²) in [5, 5.41) is 0. The highest BCUT2D eigenvalue weighted by atomic mass is 16.5. The third-order valence-corrected chi connectivity index (χ3v) is 1.63. The molecule has 0 aliphatic heterocycles. The second kappa shape index (κ2) is 4.45. The highest BCUT2D eigenvalue weighted by Crippen LogP contribution is 2.03. The lowest BCUT2D eigenvalue weighted by Crippen LogP contribution is -2.12. The predicted molar refractivity (Wildman–Crippen MR) is 51.5 cm³/mol. The second-order valence-electron chi connectivity index (χ2n) is 2.71. The molecule has 1 aromatic carbocycles. The Hall–Kier alpha value is -1.57. The number of carbonyl (C=O) groups excluding carboxylic acids is 1. The summed E-state index contributed by atoms with van der Waals surface area (Å²) >= 11 is 0. The normalized spacial score (nSPS) is 11.8. The monoisotopic (exact) mass is 176 g/mol. The molecule has 0 fully saturated rings. The summed E-state index contributed by atoms with van der Waals surface area (Å²) in [7, 11) is 0. The summed E-state index contributed by atoms with van der Waals surface area (Å²) in [6.07, 6.45) is 1.34. The van der Waals surface area contributed by atoms with Gasteiger partial charge in [0.1, 0.15) is 6.10 Å². The largest absolute Gasteiger partial charge is 0.455 e. The van der Waals surface area contributed by atoms with E-state index in [1.807, 2.05) is 6.07 Å². The van der Waals surface area contributed by atoms with Crippen molar-refractivity contribution in [1.29, 1.82) is 0 Å². The number of esters is 1. The Labute approximate surface area is 77.8 Å². The summed E-state index contributed by atoms with van der Waals surface area (Å²) in [4.78, 5) is 11.3. The first-order chi connectivity index (χ1) is 6.24. The first kappa shape index (κ1) is 9.52. The molecule has 68 valence electrons. The van der Waals surface area contributed by atoms with Gasteiger partial charge in [0.2, 0.25) is 0 Å². The van der Waals surface area contributed by atoms with Crippen molar-refractivity contribution in [1.82, 2.24) is 0 Å². The Morgan fingerprint density at radius 2 is 2.08 bits per heavy atom. The van der Waals surface area contributed by atoms with Gasteiger partial charge in [-0.3, -0.25) is 0 Å². The van der Waals surface area contributed by atoms with Gasteiger partial charge in [-0.2, -0.15) is 0 Å². The smallest absolute Gasteiger partial charge is 0.338 e. The summed E-state index contributed by atoms with van der Waals surface area (Å²) in [5.41, 5.74) is 0.566. The lowest BCUT2D eigenvalue weighted by Gasteiger charge is -2.07. The van der Waals surface area contributed by atoms with Crippen molar-refractivity contribution in [3.05, 3.63) is 48.6 Å². The van der Waals surface area contributed by atoms with Gasteiger partial charge in [0, 0.05) is 0 Å². The maximum absolute atomic E-state index is 11.3. The Morgan fingerprint density at radius 3 is 2.62 bits per heavy atom. The molecule has 0 heterocycles. The maximum atomic E-state index is 11.3. The number of rotatable bonds is 3. The first-order valence-corrected chi connectivity index (χ1v) is 4.12. The lowest BCUT2D eigenvalue weighted by molar-refractivity contribution is 0.0425. The molecule has 1 unspecified atom stereocenters. The van der Waals surface area contributed by atoms with Crippen LogP contribution in [0.2, 0.25) is 0 Å². The minimum absolute atomic E-state index is 0.243. The van der Waals surface area contributed by atoms with Gasteiger partial charge in [0.25, 0.3) is 0 Å². The van der Waals surface area contributed by atoms with Gasteiger partial charge < -0.3 is 4.74 Å². The number of carbonyl (C=O) groups is 1. The molecule has 0 aromatic heterocycles. The zero-order chi connectivity index (χ0) is 9.68. The van der Waals surface area contributed by atoms with Crippen LogP contribution in [0.15, 0.2) is 43.0 Å². The van der Waals surface area contributed by atoms with Crippen molar-refractivity contribution < 1.29 is 9.53 Å². The van der Waals surface area contributed by atoms with Crippen molar-refractivity contribution in [2.45, 2.75) is 13.0 Å². The van der Waals surface area contributed by atoms with Gasteiger partial charge in [0.15, 0.2) is 0 Å². The van der Waals surface area contributed by atoms with Crippen LogP contribution in [-0.4, -0.2) is 12.1 Å². The van der Waals surface area contributed by atoms with Crippen molar-refractivity contribution >= 4 is 5.97 Å². The molecule has 2 heteroatoms. The van der Waals surface area contributed by atoms with Crippen LogP contribution in [-0.2, 0) is 4.74 Å². The molecule has 0 radical (unpaired) electrons. The molecule has 0 saturated heterocycles. The minimum atomic E-state index is -0.312. The average molecular weight is 176 g/mol. The lowest BCUT2D eigenvalue weighted by atomic mass is 10.2. The van der Waals surface area contributed by atoms with Crippen molar-refractivity contribution in [3.8, 4) is 0 Å². The molecule has 0 amide bonds. The first-order valence-electron chi connectivity index (χ1n) is 4.12. The number of hydrogen-bond acceptors (Lipinski definition) is 2. The van der Waals surface area contributed by atoms with Crippen LogP contribution in [0.1, 0.15) is 17.3 Å². The van der Waals surface area contributed by atoms with Crippen LogP contribution in [0, 0.1) is 0 Å². The molecule has 0 saturated carbocycles. The van der Waals surface area contributed by atoms with E-state index in [1.54, 1.807) is 37.3 Å². The van der Waals surface area contributed by atoms with Crippen LogP contribution in [0.5, 0.6) is 0 Å². The fourth-order valence-electron chi connectivity index (χ4n) is 0.859. The number of hydrogen-bond donors (Lipinski definition) is 0. The summed E-state index contributed by atoms with van der Waals surface area (Å²) < 4.78 is 5.03. The molecule has 0 spiro atoms. The Kier molecular flexibility index (Phi) is 3.26. The van der Waals surface area contributed by atoms with Crippen molar-refractivity contribution in [2.75, 3.05) is 0 Å². The van der Waals surface area contributed by atoms with Crippen LogP contribution >= 0.6 is 0 Å². The molecular weight excluding hydrogens is 164 g/mol. The highest BCUT2D eigenvalue weighted by molar-refractivity contribution is 5.89. The molecule has 1 rings (SSSR count). The standard InChI is InChI=1S/C11H12O2/c1-3-9(2)13-11(12)10-7-5-4-6-8-10/h3-9H,1H2,2H3. The maximum Gasteiger partial charge on any atom is 0.338 e. The SMILES string of the molecule is C=CC(C)OC(=O)c1ccccc1. The second-order valence-corrected chi connectivity index (χ2v) is 2.71. The van der Waals surface area contributed by atoms with Crippen LogP contribution in [0.3, 0.4) is 0 Å². The molecule has 2 nitrogen and oxygen atoms in total. The van der Waals surface area contributed by atoms with Crippen LogP contribution in [0.25, 0.3) is 0 Å². The molecule has 0 aliphatic rings. The van der Waals surface area contributed by atoms with E-state index in [9.17, 15) is 4.79 Å². The highest BCUT2D eigenvalue weighted by Gasteiger charge is 2.07. The molecule has 13 heavy (non-hydrogen) atoms. The zero-order valence-corrected chi connectivity index (χ0v) is 7.57. The van der Waals surface area contributed by atoms with E-state index in [0.717, 1.165) is 0 Å². The molecular formula is C11H12O2. The Morgan fingerprint density at radius 1 is 1.46 bits per heavy atom. The predicted octanol–water partition coefficient (Wildman–Crippen LogP) is 2.42. The van der Waals surface area contributed by atoms with Crippen molar-refractivity contribution in [3.63, 3.8) is 0 Å². The van der Waals surface area contributed by atoms with Crippen LogP contribution in [0.4, 0.5) is 0 Å². The molecule has 1 atom stereocenters. The third-order valence-electron chi connectivity index (χ3n) is 1.63. The van der Waals surface area contributed by atoms with Gasteiger partial charge in [-0.15, -0.1) is 0 Å². The van der Waals surface area contributed by atoms with Crippen molar-refractivity contribution in [2.24, 2.45) is 0 Å². The summed E-state index contributed by atoms with van der Waals surface area (Å²) in [6.45, 7) is 5.30. The van der Waals surface area contributed by atoms with Gasteiger partial charge in [-0.25, -0.2) is 4.79 Å². The average Bonchev–Trinajstić information content (AvgIpc) is 2.19. The fraction of sp³-hybridized carbons (Fsp3) is 0.182. The van der Waals surface area contributed by atoms with Gasteiger partial charge in [-0.1, -0.05) is 30.9 Å². The number of ether oxygens (including phenoxy) is 1. The summed E-state index contributed by atoms with van der Waals surface area (Å²) in [6, 6.07) is 8.90. The summed E-state index contributed by atoms with van der Waals surface area (Å²) in [5.74, 6) is -0.312. The zero-order valence-electron chi connectivity index (χ0n) is 7.57. The molecule has 0 aliphatic carbocycles. The Bertz CT molecular complexity index is 290. The third kappa shape index (κ3) is 2.75. The van der Waals surface area contributed by atoms with E-state index in [2.05, 4.69) is 6.58 Å². The van der Waals surface area contributed by atoms with E-state index in [4.69, 9.17) is 4.74 Å². The van der Waals surface area contributed by atoms with Crippen LogP contribution < -0.4 is 0 Å². The van der Waals surface area contributed by atoms with E-state index in [-0.39, 0.29) is 12.1 Å². The molecule has 1 aromatic rings. The number of benzene rings is 1. The van der Waals surface area contributed by atoms with E-state index in [1.165, 1.54) is 0 Å². The van der Waals surface area contributed by atoms with E-state index >= 15 is 0 Å². The van der Waals surface area contributed by atoms with E-state index in [0.29, 0.717) is 5.56 Å². The fourth-order valence-corrected chi connectivity index (χ4v) is 0.859. The minimum Gasteiger partial charge on any atom is -0.455 e. The van der Waals surface area contributed by atoms with Gasteiger partial charge in [0.05, 0.1) is 5.56 Å².